The van der Waals surface area contributed by atoms with Crippen LogP contribution < -0.4 is 5.32 Å². The van der Waals surface area contributed by atoms with Gasteiger partial charge in [-0.3, -0.25) is 19.7 Å². The molecule has 0 aliphatic heterocycles. The fourth-order valence-corrected chi connectivity index (χ4v) is 1.92. The summed E-state index contributed by atoms with van der Waals surface area (Å²) in [4.78, 5) is 33.2. The van der Waals surface area contributed by atoms with Gasteiger partial charge in [-0.1, -0.05) is 6.92 Å². The van der Waals surface area contributed by atoms with E-state index in [0.717, 1.165) is 0 Å². The number of carbonyl (C=O) groups is 3. The molecule has 0 aliphatic carbocycles. The van der Waals surface area contributed by atoms with Gasteiger partial charge in [-0.25, -0.2) is 0 Å². The Labute approximate surface area is 108 Å². The molecule has 6 nitrogen and oxygen atoms in total. The minimum atomic E-state index is -0.915. The van der Waals surface area contributed by atoms with Crippen molar-refractivity contribution in [3.8, 4) is 0 Å². The molecular formula is C11H13NO5S. The lowest BCUT2D eigenvalue weighted by atomic mass is 10.3. The molecule has 0 saturated heterocycles. The first kappa shape index (κ1) is 14.3. The topological polar surface area (TPSA) is 96.6 Å². The van der Waals surface area contributed by atoms with Crippen molar-refractivity contribution in [3.63, 3.8) is 0 Å². The molecule has 98 valence electrons. The average molecular weight is 271 g/mol. The van der Waals surface area contributed by atoms with E-state index >= 15 is 0 Å². The molecule has 2 N–H and O–H groups in total. The summed E-state index contributed by atoms with van der Waals surface area (Å²) < 4.78 is 4.83. The van der Waals surface area contributed by atoms with E-state index in [4.69, 9.17) is 9.52 Å². The van der Waals surface area contributed by atoms with Crippen LogP contribution in [0, 0.1) is 0 Å². The number of carboxylic acids is 1. The monoisotopic (exact) mass is 271 g/mol. The SMILES string of the molecule is CC(CC(=O)O)SCC(=O)NC(=O)c1ccco1. The van der Waals surface area contributed by atoms with Gasteiger partial charge >= 0.3 is 5.97 Å². The van der Waals surface area contributed by atoms with Crippen LogP contribution in [-0.2, 0) is 9.59 Å². The third-order valence-corrected chi connectivity index (χ3v) is 3.12. The number of furan rings is 1. The number of aliphatic carboxylic acids is 1. The van der Waals surface area contributed by atoms with Gasteiger partial charge in [-0.2, -0.15) is 0 Å². The first-order chi connectivity index (χ1) is 8.49. The highest BCUT2D eigenvalue weighted by molar-refractivity contribution is 8.00. The maximum Gasteiger partial charge on any atom is 0.304 e. The molecular weight excluding hydrogens is 258 g/mol. The molecule has 0 aliphatic rings. The van der Waals surface area contributed by atoms with Gasteiger partial charge in [0.05, 0.1) is 18.4 Å². The molecule has 18 heavy (non-hydrogen) atoms. The molecule has 0 saturated carbocycles. The number of nitrogens with one attached hydrogen (secondary N) is 1. The van der Waals surface area contributed by atoms with Crippen molar-refractivity contribution in [1.29, 1.82) is 0 Å². The van der Waals surface area contributed by atoms with Crippen LogP contribution in [0.4, 0.5) is 0 Å². The smallest absolute Gasteiger partial charge is 0.304 e. The highest BCUT2D eigenvalue weighted by Gasteiger charge is 2.14. The molecule has 0 radical (unpaired) electrons. The second kappa shape index (κ2) is 6.85. The first-order valence-corrected chi connectivity index (χ1v) is 6.25. The van der Waals surface area contributed by atoms with Gasteiger partial charge in [-0.15, -0.1) is 11.8 Å². The summed E-state index contributed by atoms with van der Waals surface area (Å²) in [7, 11) is 0. The number of imide groups is 1. The quantitative estimate of drug-likeness (QED) is 0.805. The van der Waals surface area contributed by atoms with E-state index < -0.39 is 17.8 Å². The van der Waals surface area contributed by atoms with Gasteiger partial charge in [0.15, 0.2) is 5.76 Å². The van der Waals surface area contributed by atoms with E-state index in [-0.39, 0.29) is 23.2 Å². The third kappa shape index (κ3) is 5.05. The van der Waals surface area contributed by atoms with E-state index in [1.54, 1.807) is 13.0 Å². The van der Waals surface area contributed by atoms with Gasteiger partial charge in [-0.05, 0) is 12.1 Å². The normalized spacial score (nSPS) is 11.8. The largest absolute Gasteiger partial charge is 0.481 e. The van der Waals surface area contributed by atoms with Crippen molar-refractivity contribution in [2.24, 2.45) is 0 Å². The number of carbonyl (C=O) groups excluding carboxylic acids is 2. The van der Waals surface area contributed by atoms with Gasteiger partial charge < -0.3 is 9.52 Å². The molecule has 1 rings (SSSR count). The number of carboxylic acid groups (broad SMARTS) is 1. The highest BCUT2D eigenvalue weighted by Crippen LogP contribution is 2.13. The fraction of sp³-hybridized carbons (Fsp3) is 0.364. The standard InChI is InChI=1S/C11H13NO5S/c1-7(5-10(14)15)18-6-9(13)12-11(16)8-3-2-4-17-8/h2-4,7H,5-6H2,1H3,(H,14,15)(H,12,13,16). The van der Waals surface area contributed by atoms with Crippen molar-refractivity contribution >= 4 is 29.5 Å². The van der Waals surface area contributed by atoms with Gasteiger partial charge in [0.1, 0.15) is 0 Å². The zero-order valence-electron chi connectivity index (χ0n) is 9.71. The zero-order chi connectivity index (χ0) is 13.5. The lowest BCUT2D eigenvalue weighted by Crippen LogP contribution is -2.32. The van der Waals surface area contributed by atoms with E-state index in [2.05, 4.69) is 5.32 Å². The van der Waals surface area contributed by atoms with Gasteiger partial charge in [0.25, 0.3) is 5.91 Å². The third-order valence-electron chi connectivity index (χ3n) is 1.96. The Bertz CT molecular complexity index is 429. The molecule has 0 fully saturated rings. The molecule has 7 heteroatoms. The summed E-state index contributed by atoms with van der Waals surface area (Å²) in [6.07, 6.45) is 1.31. The van der Waals surface area contributed by atoms with E-state index in [1.807, 2.05) is 0 Å². The number of hydrogen-bond donors (Lipinski definition) is 2. The Morgan fingerprint density at radius 2 is 2.22 bits per heavy atom. The summed E-state index contributed by atoms with van der Waals surface area (Å²) in [6.45, 7) is 1.71. The first-order valence-electron chi connectivity index (χ1n) is 5.20. The number of thioether (sulfide) groups is 1. The lowest BCUT2D eigenvalue weighted by molar-refractivity contribution is -0.136. The zero-order valence-corrected chi connectivity index (χ0v) is 10.5. The summed E-state index contributed by atoms with van der Waals surface area (Å²) in [6, 6.07) is 2.99. The van der Waals surface area contributed by atoms with E-state index in [9.17, 15) is 14.4 Å². The van der Waals surface area contributed by atoms with Crippen LogP contribution in [0.2, 0.25) is 0 Å². The number of amides is 2. The summed E-state index contributed by atoms with van der Waals surface area (Å²) in [5.74, 6) is -1.90. The van der Waals surface area contributed by atoms with Crippen molar-refractivity contribution in [1.82, 2.24) is 5.32 Å². The maximum atomic E-state index is 11.4. The Morgan fingerprint density at radius 3 is 2.78 bits per heavy atom. The van der Waals surface area contributed by atoms with Crippen LogP contribution >= 0.6 is 11.8 Å². The molecule has 1 aromatic heterocycles. The molecule has 1 aromatic rings. The fourth-order valence-electron chi connectivity index (χ4n) is 1.15. The van der Waals surface area contributed by atoms with E-state index in [0.29, 0.717) is 0 Å². The predicted molar refractivity (Wildman–Crippen MR) is 65.4 cm³/mol. The van der Waals surface area contributed by atoms with E-state index in [1.165, 1.54) is 24.1 Å². The molecule has 1 heterocycles. The van der Waals surface area contributed by atoms with Crippen LogP contribution in [0.1, 0.15) is 23.9 Å². The Morgan fingerprint density at radius 1 is 1.50 bits per heavy atom. The second-order valence-electron chi connectivity index (χ2n) is 3.57. The molecule has 0 bridgehead atoms. The second-order valence-corrected chi connectivity index (χ2v) is 5.00. The van der Waals surface area contributed by atoms with Gasteiger partial charge in [0, 0.05) is 5.25 Å². The number of hydrogen-bond acceptors (Lipinski definition) is 5. The minimum Gasteiger partial charge on any atom is -0.481 e. The van der Waals surface area contributed by atoms with Crippen LogP contribution in [0.5, 0.6) is 0 Å². The molecule has 0 spiro atoms. The van der Waals surface area contributed by atoms with Gasteiger partial charge in [0.2, 0.25) is 5.91 Å². The van der Waals surface area contributed by atoms with Crippen LogP contribution in [0.3, 0.4) is 0 Å². The Kier molecular flexibility index (Phi) is 5.44. The van der Waals surface area contributed by atoms with Crippen molar-refractivity contribution < 1.29 is 23.9 Å². The lowest BCUT2D eigenvalue weighted by Gasteiger charge is -2.07. The Hall–Kier alpha value is -1.76. The number of rotatable bonds is 6. The van der Waals surface area contributed by atoms with Crippen LogP contribution in [0.25, 0.3) is 0 Å². The summed E-state index contributed by atoms with van der Waals surface area (Å²) >= 11 is 1.18. The highest BCUT2D eigenvalue weighted by atomic mass is 32.2. The average Bonchev–Trinajstić information content (AvgIpc) is 2.78. The summed E-state index contributed by atoms with van der Waals surface area (Å²) in [5.41, 5.74) is 0. The van der Waals surface area contributed by atoms with Crippen LogP contribution in [-0.4, -0.2) is 33.9 Å². The molecule has 1 atom stereocenters. The van der Waals surface area contributed by atoms with Crippen molar-refractivity contribution in [2.75, 3.05) is 5.75 Å². The van der Waals surface area contributed by atoms with Crippen LogP contribution in [0.15, 0.2) is 22.8 Å². The molecule has 2 amide bonds. The maximum absolute atomic E-state index is 11.4. The summed E-state index contributed by atoms with van der Waals surface area (Å²) in [5, 5.41) is 10.5. The molecule has 0 aromatic carbocycles. The van der Waals surface area contributed by atoms with Crippen molar-refractivity contribution in [3.05, 3.63) is 24.2 Å². The minimum absolute atomic E-state index is 0.0237. The van der Waals surface area contributed by atoms with Crippen molar-refractivity contribution in [2.45, 2.75) is 18.6 Å². The predicted octanol–water partition coefficient (Wildman–Crippen LogP) is 1.13. The molecule has 1 unspecified atom stereocenters. The Balaban J connectivity index is 2.30.